The first-order valence-corrected chi connectivity index (χ1v) is 11.6. The topological polar surface area (TPSA) is 92.6 Å². The van der Waals surface area contributed by atoms with Crippen LogP contribution in [0.3, 0.4) is 0 Å². The summed E-state index contributed by atoms with van der Waals surface area (Å²) in [5.41, 5.74) is 1.87. The Balaban J connectivity index is 1.28. The number of carbonyl (C=O) groups excluding carboxylic acids is 2. The Labute approximate surface area is 170 Å². The van der Waals surface area contributed by atoms with Crippen LogP contribution in [0.15, 0.2) is 42.7 Å². The fourth-order valence-corrected chi connectivity index (χ4v) is 5.63. The number of aromatic nitrogens is 2. The highest BCUT2D eigenvalue weighted by Gasteiger charge is 2.36. The lowest BCUT2D eigenvalue weighted by Crippen LogP contribution is -2.52. The van der Waals surface area contributed by atoms with E-state index in [0.29, 0.717) is 39.0 Å². The molecule has 9 heteroatoms. The van der Waals surface area contributed by atoms with E-state index in [0.717, 1.165) is 11.3 Å². The molecule has 0 saturated carbocycles. The number of piperazine rings is 1. The lowest BCUT2D eigenvalue weighted by molar-refractivity contribution is -0.141. The minimum absolute atomic E-state index is 0.0346. The maximum atomic E-state index is 12.6. The van der Waals surface area contributed by atoms with Gasteiger partial charge in [0.1, 0.15) is 0 Å². The zero-order chi connectivity index (χ0) is 20.4. The molecular formula is C20H24N4O4S. The zero-order valence-electron chi connectivity index (χ0n) is 16.1. The molecule has 2 aromatic rings. The number of benzene rings is 1. The van der Waals surface area contributed by atoms with Crippen LogP contribution in [-0.2, 0) is 25.8 Å². The van der Waals surface area contributed by atoms with Crippen molar-refractivity contribution in [1.29, 1.82) is 0 Å². The lowest BCUT2D eigenvalue weighted by Gasteiger charge is -2.36. The predicted octanol–water partition coefficient (Wildman–Crippen LogP) is 0.520. The van der Waals surface area contributed by atoms with Gasteiger partial charge in [0, 0.05) is 38.6 Å². The van der Waals surface area contributed by atoms with Gasteiger partial charge in [-0.2, -0.15) is 5.10 Å². The molecule has 0 aliphatic carbocycles. The molecule has 1 aromatic carbocycles. The minimum atomic E-state index is -3.07. The molecule has 0 unspecified atom stereocenters. The Hall–Kier alpha value is -2.68. The number of hydrogen-bond donors (Lipinski definition) is 0. The SMILES string of the molecule is O=C(Cc1ccc(-n2cccn2)cc1)N1CCN(C(=O)[C@@H]2CCS(=O)(=O)C2)CC1. The maximum absolute atomic E-state index is 12.6. The molecule has 1 aromatic heterocycles. The lowest BCUT2D eigenvalue weighted by atomic mass is 10.1. The number of nitrogens with zero attached hydrogens (tertiary/aromatic N) is 4. The summed E-state index contributed by atoms with van der Waals surface area (Å²) in [5.74, 6) is -0.420. The van der Waals surface area contributed by atoms with Gasteiger partial charge in [-0.05, 0) is 30.2 Å². The second-order valence-corrected chi connectivity index (χ2v) is 9.83. The number of sulfone groups is 1. The molecule has 0 spiro atoms. The quantitative estimate of drug-likeness (QED) is 0.725. The molecule has 0 N–H and O–H groups in total. The van der Waals surface area contributed by atoms with E-state index in [1.165, 1.54) is 0 Å². The summed E-state index contributed by atoms with van der Waals surface area (Å²) < 4.78 is 25.0. The van der Waals surface area contributed by atoms with E-state index in [-0.39, 0.29) is 23.3 Å². The number of carbonyl (C=O) groups is 2. The van der Waals surface area contributed by atoms with Crippen LogP contribution < -0.4 is 0 Å². The zero-order valence-corrected chi connectivity index (χ0v) is 16.9. The Bertz CT molecular complexity index is 978. The summed E-state index contributed by atoms with van der Waals surface area (Å²) in [4.78, 5) is 28.6. The van der Waals surface area contributed by atoms with Crippen molar-refractivity contribution >= 4 is 21.7 Å². The highest BCUT2D eigenvalue weighted by molar-refractivity contribution is 7.91. The maximum Gasteiger partial charge on any atom is 0.227 e. The van der Waals surface area contributed by atoms with Gasteiger partial charge < -0.3 is 9.80 Å². The van der Waals surface area contributed by atoms with Crippen LogP contribution in [-0.4, -0.2) is 77.5 Å². The summed E-state index contributed by atoms with van der Waals surface area (Å²) in [6.07, 6.45) is 4.30. The van der Waals surface area contributed by atoms with Crippen molar-refractivity contribution in [3.63, 3.8) is 0 Å². The second kappa shape index (κ2) is 7.98. The summed E-state index contributed by atoms with van der Waals surface area (Å²) in [5, 5.41) is 4.18. The third-order valence-corrected chi connectivity index (χ3v) is 7.35. The van der Waals surface area contributed by atoms with Crippen LogP contribution >= 0.6 is 0 Å². The Morgan fingerprint density at radius 1 is 1.03 bits per heavy atom. The van der Waals surface area contributed by atoms with E-state index in [1.54, 1.807) is 20.7 Å². The first-order chi connectivity index (χ1) is 13.9. The van der Waals surface area contributed by atoms with Gasteiger partial charge in [-0.15, -0.1) is 0 Å². The van der Waals surface area contributed by atoms with Gasteiger partial charge in [-0.1, -0.05) is 12.1 Å². The van der Waals surface area contributed by atoms with Gasteiger partial charge >= 0.3 is 0 Å². The van der Waals surface area contributed by atoms with Crippen molar-refractivity contribution in [2.24, 2.45) is 5.92 Å². The van der Waals surface area contributed by atoms with Gasteiger partial charge in [0.25, 0.3) is 0 Å². The van der Waals surface area contributed by atoms with Crippen molar-refractivity contribution in [3.05, 3.63) is 48.3 Å². The van der Waals surface area contributed by atoms with Crippen molar-refractivity contribution in [2.75, 3.05) is 37.7 Å². The molecular weight excluding hydrogens is 392 g/mol. The molecule has 1 atom stereocenters. The normalized spacial score (nSPS) is 21.3. The molecule has 4 rings (SSSR count). The van der Waals surface area contributed by atoms with Gasteiger partial charge in [0.15, 0.2) is 9.84 Å². The fourth-order valence-electron chi connectivity index (χ4n) is 3.90. The number of amides is 2. The molecule has 0 bridgehead atoms. The van der Waals surface area contributed by atoms with E-state index in [2.05, 4.69) is 5.10 Å². The van der Waals surface area contributed by atoms with E-state index in [1.807, 2.05) is 36.5 Å². The summed E-state index contributed by atoms with van der Waals surface area (Å²) >= 11 is 0. The first-order valence-electron chi connectivity index (χ1n) is 9.77. The van der Waals surface area contributed by atoms with E-state index in [9.17, 15) is 18.0 Å². The third kappa shape index (κ3) is 4.50. The summed E-state index contributed by atoms with van der Waals surface area (Å²) in [6, 6.07) is 9.57. The Morgan fingerprint density at radius 2 is 1.72 bits per heavy atom. The van der Waals surface area contributed by atoms with Crippen LogP contribution in [0.4, 0.5) is 0 Å². The van der Waals surface area contributed by atoms with Crippen molar-refractivity contribution in [3.8, 4) is 5.69 Å². The van der Waals surface area contributed by atoms with Crippen molar-refractivity contribution in [1.82, 2.24) is 19.6 Å². The van der Waals surface area contributed by atoms with Crippen LogP contribution in [0, 0.1) is 5.92 Å². The predicted molar refractivity (Wildman–Crippen MR) is 107 cm³/mol. The van der Waals surface area contributed by atoms with Crippen molar-refractivity contribution in [2.45, 2.75) is 12.8 Å². The number of rotatable bonds is 4. The van der Waals surface area contributed by atoms with Gasteiger partial charge in [-0.3, -0.25) is 9.59 Å². The molecule has 2 amide bonds. The van der Waals surface area contributed by atoms with Gasteiger partial charge in [-0.25, -0.2) is 13.1 Å². The Morgan fingerprint density at radius 3 is 2.31 bits per heavy atom. The molecule has 2 aliphatic heterocycles. The smallest absolute Gasteiger partial charge is 0.227 e. The van der Waals surface area contributed by atoms with Crippen LogP contribution in [0.5, 0.6) is 0 Å². The highest BCUT2D eigenvalue weighted by Crippen LogP contribution is 2.21. The summed E-state index contributed by atoms with van der Waals surface area (Å²) in [6.45, 7) is 1.88. The molecule has 2 aliphatic rings. The molecule has 2 saturated heterocycles. The van der Waals surface area contributed by atoms with Crippen LogP contribution in [0.1, 0.15) is 12.0 Å². The molecule has 3 heterocycles. The van der Waals surface area contributed by atoms with Crippen molar-refractivity contribution < 1.29 is 18.0 Å². The first kappa shape index (κ1) is 19.6. The Kier molecular flexibility index (Phi) is 5.40. The third-order valence-electron chi connectivity index (χ3n) is 5.59. The molecule has 8 nitrogen and oxygen atoms in total. The second-order valence-electron chi connectivity index (χ2n) is 7.60. The number of hydrogen-bond acceptors (Lipinski definition) is 5. The molecule has 154 valence electrons. The van der Waals surface area contributed by atoms with Gasteiger partial charge in [0.05, 0.1) is 29.5 Å². The molecule has 29 heavy (non-hydrogen) atoms. The largest absolute Gasteiger partial charge is 0.339 e. The van der Waals surface area contributed by atoms with Crippen LogP contribution in [0.25, 0.3) is 5.69 Å². The minimum Gasteiger partial charge on any atom is -0.339 e. The van der Waals surface area contributed by atoms with E-state index >= 15 is 0 Å². The monoisotopic (exact) mass is 416 g/mol. The van der Waals surface area contributed by atoms with Gasteiger partial charge in [0.2, 0.25) is 11.8 Å². The average Bonchev–Trinajstić information content (AvgIpc) is 3.38. The highest BCUT2D eigenvalue weighted by atomic mass is 32.2. The standard InChI is InChI=1S/C20H24N4O4S/c25-19(14-16-2-4-18(5-3-16)24-8-1-7-21-24)22-9-11-23(12-10-22)20(26)17-6-13-29(27,28)15-17/h1-5,7-8,17H,6,9-15H2/t17-/m1/s1. The average molecular weight is 417 g/mol. The molecule has 2 fully saturated rings. The summed E-state index contributed by atoms with van der Waals surface area (Å²) in [7, 11) is -3.07. The fraction of sp³-hybridized carbons (Fsp3) is 0.450. The van der Waals surface area contributed by atoms with E-state index < -0.39 is 15.8 Å². The molecule has 0 radical (unpaired) electrons. The van der Waals surface area contributed by atoms with Crippen LogP contribution in [0.2, 0.25) is 0 Å². The van der Waals surface area contributed by atoms with E-state index in [4.69, 9.17) is 0 Å².